The van der Waals surface area contributed by atoms with Crippen molar-refractivity contribution in [3.63, 3.8) is 0 Å². The van der Waals surface area contributed by atoms with E-state index >= 15 is 0 Å². The highest BCUT2D eigenvalue weighted by Crippen LogP contribution is 2.17. The molecule has 1 unspecified atom stereocenters. The molecule has 0 N–H and O–H groups in total. The Kier molecular flexibility index (Phi) is 58.7. The van der Waals surface area contributed by atoms with Crippen molar-refractivity contribution in [1.29, 1.82) is 0 Å². The Morgan fingerprint density at radius 1 is 0.278 bits per heavy atom. The van der Waals surface area contributed by atoms with Crippen molar-refractivity contribution in [1.82, 2.24) is 0 Å². The second-order valence-electron chi connectivity index (χ2n) is 21.3. The van der Waals surface area contributed by atoms with E-state index in [0.29, 0.717) is 19.3 Å². The third-order valence-corrected chi connectivity index (χ3v) is 14.1. The van der Waals surface area contributed by atoms with Gasteiger partial charge in [0.1, 0.15) is 13.2 Å². The molecule has 0 aliphatic heterocycles. The molecule has 0 spiro atoms. The van der Waals surface area contributed by atoms with Gasteiger partial charge in [-0.2, -0.15) is 0 Å². The molecule has 0 bridgehead atoms. The highest BCUT2D eigenvalue weighted by molar-refractivity contribution is 5.71. The Labute approximate surface area is 448 Å². The van der Waals surface area contributed by atoms with Crippen LogP contribution in [0.5, 0.6) is 0 Å². The van der Waals surface area contributed by atoms with Gasteiger partial charge in [-0.3, -0.25) is 14.4 Å². The maximum absolute atomic E-state index is 12.9. The van der Waals surface area contributed by atoms with Crippen molar-refractivity contribution in [2.45, 2.75) is 341 Å². The average molecular weight is 1010 g/mol. The average Bonchev–Trinajstić information content (AvgIpc) is 3.38. The minimum Gasteiger partial charge on any atom is -0.462 e. The van der Waals surface area contributed by atoms with Crippen LogP contribution in [0.3, 0.4) is 0 Å². The molecule has 0 aliphatic carbocycles. The molecule has 0 aromatic heterocycles. The summed E-state index contributed by atoms with van der Waals surface area (Å²) in [6.07, 6.45) is 75.4. The van der Waals surface area contributed by atoms with Crippen molar-refractivity contribution in [3.8, 4) is 0 Å². The predicted molar refractivity (Wildman–Crippen MR) is 312 cm³/mol. The van der Waals surface area contributed by atoms with Crippen LogP contribution in [0.1, 0.15) is 335 Å². The molecule has 0 aromatic rings. The molecule has 72 heavy (non-hydrogen) atoms. The van der Waals surface area contributed by atoms with Crippen molar-refractivity contribution in [3.05, 3.63) is 48.6 Å². The summed E-state index contributed by atoms with van der Waals surface area (Å²) < 4.78 is 16.9. The van der Waals surface area contributed by atoms with Crippen molar-refractivity contribution < 1.29 is 28.6 Å². The molecule has 0 aliphatic rings. The summed E-state index contributed by atoms with van der Waals surface area (Å²) in [6, 6.07) is 0. The molecule has 6 nitrogen and oxygen atoms in total. The SMILES string of the molecule is CCCCCC/C=C\C/C=C\CCCCCCCC(=O)OC(COC(=O)CCCCCCCCCCCCC/C=C\C/C=C\CCCCCCC)COC(=O)CCCCCCCCCCCCCCCCC. The van der Waals surface area contributed by atoms with Crippen LogP contribution in [-0.4, -0.2) is 37.2 Å². The van der Waals surface area contributed by atoms with E-state index < -0.39 is 6.10 Å². The Morgan fingerprint density at radius 3 is 0.778 bits per heavy atom. The van der Waals surface area contributed by atoms with Crippen LogP contribution in [0.4, 0.5) is 0 Å². The van der Waals surface area contributed by atoms with Gasteiger partial charge in [0.05, 0.1) is 0 Å². The smallest absolute Gasteiger partial charge is 0.306 e. The van der Waals surface area contributed by atoms with Gasteiger partial charge in [0.25, 0.3) is 0 Å². The monoisotopic (exact) mass is 1010 g/mol. The molecule has 6 heteroatoms. The van der Waals surface area contributed by atoms with Gasteiger partial charge in [0.2, 0.25) is 0 Å². The molecular formula is C66H120O6. The van der Waals surface area contributed by atoms with Crippen molar-refractivity contribution in [2.75, 3.05) is 13.2 Å². The summed E-state index contributed by atoms with van der Waals surface area (Å²) in [4.78, 5) is 38.3. The van der Waals surface area contributed by atoms with Gasteiger partial charge in [-0.1, -0.05) is 281 Å². The van der Waals surface area contributed by atoms with Crippen molar-refractivity contribution in [2.24, 2.45) is 0 Å². The van der Waals surface area contributed by atoms with Gasteiger partial charge in [0, 0.05) is 19.3 Å². The van der Waals surface area contributed by atoms with Gasteiger partial charge >= 0.3 is 17.9 Å². The first-order chi connectivity index (χ1) is 35.5. The molecule has 420 valence electrons. The highest BCUT2D eigenvalue weighted by Gasteiger charge is 2.19. The number of ether oxygens (including phenoxy) is 3. The number of hydrogen-bond acceptors (Lipinski definition) is 6. The number of carbonyl (C=O) groups excluding carboxylic acids is 3. The summed E-state index contributed by atoms with van der Waals surface area (Å²) in [5.41, 5.74) is 0. The number of allylic oxidation sites excluding steroid dienone is 8. The quantitative estimate of drug-likeness (QED) is 0.0261. The summed E-state index contributed by atoms with van der Waals surface area (Å²) in [6.45, 7) is 6.65. The lowest BCUT2D eigenvalue weighted by Crippen LogP contribution is -2.30. The van der Waals surface area contributed by atoms with Gasteiger partial charge in [-0.05, 0) is 83.5 Å². The third-order valence-electron chi connectivity index (χ3n) is 14.1. The van der Waals surface area contributed by atoms with E-state index in [1.807, 2.05) is 0 Å². The van der Waals surface area contributed by atoms with Gasteiger partial charge < -0.3 is 14.2 Å². The van der Waals surface area contributed by atoms with Crippen LogP contribution < -0.4 is 0 Å². The number of unbranched alkanes of at least 4 members (excludes halogenated alkanes) is 39. The maximum atomic E-state index is 12.9. The Balaban J connectivity index is 4.32. The molecule has 0 heterocycles. The van der Waals surface area contributed by atoms with Crippen LogP contribution in [0.25, 0.3) is 0 Å². The van der Waals surface area contributed by atoms with E-state index in [2.05, 4.69) is 69.4 Å². The second-order valence-corrected chi connectivity index (χ2v) is 21.3. The Hall–Kier alpha value is -2.63. The van der Waals surface area contributed by atoms with Crippen LogP contribution >= 0.6 is 0 Å². The zero-order chi connectivity index (χ0) is 52.2. The van der Waals surface area contributed by atoms with Gasteiger partial charge in [-0.25, -0.2) is 0 Å². The number of rotatable bonds is 58. The van der Waals surface area contributed by atoms with E-state index in [1.54, 1.807) is 0 Å². The highest BCUT2D eigenvalue weighted by atomic mass is 16.6. The second kappa shape index (κ2) is 60.9. The van der Waals surface area contributed by atoms with Crippen LogP contribution in [0, 0.1) is 0 Å². The summed E-state index contributed by atoms with van der Waals surface area (Å²) >= 11 is 0. The molecule has 0 aromatic carbocycles. The topological polar surface area (TPSA) is 78.9 Å². The van der Waals surface area contributed by atoms with E-state index in [-0.39, 0.29) is 31.1 Å². The van der Waals surface area contributed by atoms with Gasteiger partial charge in [0.15, 0.2) is 6.10 Å². The first-order valence-electron chi connectivity index (χ1n) is 31.6. The zero-order valence-corrected chi connectivity index (χ0v) is 48.2. The molecule has 0 fully saturated rings. The fourth-order valence-corrected chi connectivity index (χ4v) is 9.27. The maximum Gasteiger partial charge on any atom is 0.306 e. The van der Waals surface area contributed by atoms with Crippen LogP contribution in [0.15, 0.2) is 48.6 Å². The first kappa shape index (κ1) is 69.4. The number of hydrogen-bond donors (Lipinski definition) is 0. The lowest BCUT2D eigenvalue weighted by atomic mass is 10.0. The standard InChI is InChI=1S/C66H120O6/c1-4-7-10-13-16-19-22-25-28-30-31-32-33-34-35-36-39-41-44-47-50-53-56-59-65(68)71-62-63(61-70-64(67)58-55-52-49-46-43-40-37-27-24-21-18-15-12-9-6-3)72-66(69)60-57-54-51-48-45-42-38-29-26-23-20-17-14-11-8-5-2/h20,22-23,25,29-31,38,63H,4-19,21,24,26-28,32-37,39-62H2,1-3H3/b23-20-,25-22-,31-30-,38-29-. The van der Waals surface area contributed by atoms with Gasteiger partial charge in [-0.15, -0.1) is 0 Å². The molecule has 0 saturated heterocycles. The largest absolute Gasteiger partial charge is 0.462 e. The zero-order valence-electron chi connectivity index (χ0n) is 48.2. The van der Waals surface area contributed by atoms with Crippen LogP contribution in [-0.2, 0) is 28.6 Å². The fourth-order valence-electron chi connectivity index (χ4n) is 9.27. The van der Waals surface area contributed by atoms with E-state index in [4.69, 9.17) is 14.2 Å². The minimum absolute atomic E-state index is 0.0757. The molecule has 0 saturated carbocycles. The predicted octanol–water partition coefficient (Wildman–Crippen LogP) is 21.4. The molecular weight excluding hydrogens is 889 g/mol. The van der Waals surface area contributed by atoms with Crippen molar-refractivity contribution >= 4 is 17.9 Å². The van der Waals surface area contributed by atoms with E-state index in [0.717, 1.165) is 89.9 Å². The number of esters is 3. The summed E-state index contributed by atoms with van der Waals surface area (Å²) in [5, 5.41) is 0. The molecule has 0 rings (SSSR count). The molecule has 0 amide bonds. The molecule has 0 radical (unpaired) electrons. The third kappa shape index (κ3) is 58.3. The lowest BCUT2D eigenvalue weighted by molar-refractivity contribution is -0.167. The molecule has 1 atom stereocenters. The van der Waals surface area contributed by atoms with Crippen LogP contribution in [0.2, 0.25) is 0 Å². The number of carbonyl (C=O) groups is 3. The summed E-state index contributed by atoms with van der Waals surface area (Å²) in [7, 11) is 0. The fraction of sp³-hybridized carbons (Fsp3) is 0.833. The van der Waals surface area contributed by atoms with E-state index in [1.165, 1.54) is 205 Å². The van der Waals surface area contributed by atoms with E-state index in [9.17, 15) is 14.4 Å². The summed E-state index contributed by atoms with van der Waals surface area (Å²) in [5.74, 6) is -0.872. The first-order valence-corrected chi connectivity index (χ1v) is 31.6. The minimum atomic E-state index is -0.780. The Morgan fingerprint density at radius 2 is 0.500 bits per heavy atom. The Bertz CT molecular complexity index is 1250. The normalized spacial score (nSPS) is 12.3. The lowest BCUT2D eigenvalue weighted by Gasteiger charge is -2.18.